The molecule has 2 aliphatic rings. The van der Waals surface area contributed by atoms with Crippen molar-refractivity contribution in [1.29, 1.82) is 0 Å². The lowest BCUT2D eigenvalue weighted by atomic mass is 9.86. The van der Waals surface area contributed by atoms with Crippen molar-refractivity contribution in [2.75, 3.05) is 13.1 Å². The average Bonchev–Trinajstić information content (AvgIpc) is 3.35. The molecule has 0 bridgehead atoms. The molecule has 0 unspecified atom stereocenters. The number of benzene rings is 1. The van der Waals surface area contributed by atoms with E-state index in [1.807, 2.05) is 16.8 Å². The van der Waals surface area contributed by atoms with E-state index in [-0.39, 0.29) is 30.3 Å². The topological polar surface area (TPSA) is 59.0 Å². The van der Waals surface area contributed by atoms with E-state index in [1.54, 1.807) is 12.3 Å². The van der Waals surface area contributed by atoms with Gasteiger partial charge in [0.1, 0.15) is 0 Å². The second kappa shape index (κ2) is 9.06. The Balaban J connectivity index is 0.00000231. The Hall–Kier alpha value is -2.29. The third-order valence-electron chi connectivity index (χ3n) is 5.97. The maximum Gasteiger partial charge on any atom is 0.261 e. The molecule has 4 heterocycles. The summed E-state index contributed by atoms with van der Waals surface area (Å²) >= 11 is 1.53. The minimum Gasteiger partial charge on any atom is -0.347 e. The molecule has 0 radical (unpaired) electrons. The Morgan fingerprint density at radius 1 is 1.23 bits per heavy atom. The number of carbonyl (C=O) groups excluding carboxylic acids is 1. The van der Waals surface area contributed by atoms with Gasteiger partial charge in [-0.05, 0) is 55.6 Å². The molecule has 164 valence electrons. The van der Waals surface area contributed by atoms with Gasteiger partial charge in [-0.15, -0.1) is 23.7 Å². The van der Waals surface area contributed by atoms with Crippen LogP contribution < -0.4 is 10.6 Å². The van der Waals surface area contributed by atoms with Gasteiger partial charge in [-0.3, -0.25) is 9.48 Å². The molecule has 2 atom stereocenters. The van der Waals surface area contributed by atoms with Gasteiger partial charge in [-0.25, -0.2) is 8.78 Å². The van der Waals surface area contributed by atoms with Gasteiger partial charge in [-0.2, -0.15) is 5.10 Å². The summed E-state index contributed by atoms with van der Waals surface area (Å²) in [6, 6.07) is 7.77. The smallest absolute Gasteiger partial charge is 0.261 e. The van der Waals surface area contributed by atoms with Gasteiger partial charge in [0, 0.05) is 41.7 Å². The van der Waals surface area contributed by atoms with Crippen LogP contribution in [0.2, 0.25) is 0 Å². The van der Waals surface area contributed by atoms with Crippen LogP contribution in [0.4, 0.5) is 8.78 Å². The highest BCUT2D eigenvalue weighted by Gasteiger charge is 2.30. The lowest BCUT2D eigenvalue weighted by Crippen LogP contribution is -2.49. The second-order valence-corrected chi connectivity index (χ2v) is 8.98. The van der Waals surface area contributed by atoms with Crippen LogP contribution in [-0.2, 0) is 13.0 Å². The van der Waals surface area contributed by atoms with E-state index < -0.39 is 11.6 Å². The van der Waals surface area contributed by atoms with Crippen molar-refractivity contribution in [3.05, 3.63) is 63.5 Å². The maximum atomic E-state index is 13.8. The van der Waals surface area contributed by atoms with Crippen LogP contribution in [-0.4, -0.2) is 34.8 Å². The molecule has 5 nitrogen and oxygen atoms in total. The number of hydrogen-bond donors (Lipinski definition) is 2. The summed E-state index contributed by atoms with van der Waals surface area (Å²) in [5.41, 5.74) is 2.85. The Morgan fingerprint density at radius 3 is 2.94 bits per heavy atom. The summed E-state index contributed by atoms with van der Waals surface area (Å²) in [6.07, 6.45) is 4.46. The molecule has 1 fully saturated rings. The zero-order valence-electron chi connectivity index (χ0n) is 16.7. The molecule has 1 aromatic carbocycles. The van der Waals surface area contributed by atoms with Crippen molar-refractivity contribution < 1.29 is 13.6 Å². The number of amides is 1. The Morgan fingerprint density at radius 2 is 2.10 bits per heavy atom. The van der Waals surface area contributed by atoms with Crippen molar-refractivity contribution in [3.63, 3.8) is 0 Å². The first-order valence-corrected chi connectivity index (χ1v) is 11.0. The minimum absolute atomic E-state index is 0. The summed E-state index contributed by atoms with van der Waals surface area (Å²) in [5.74, 6) is -1.90. The summed E-state index contributed by atoms with van der Waals surface area (Å²) in [4.78, 5) is 15.0. The van der Waals surface area contributed by atoms with Gasteiger partial charge >= 0.3 is 0 Å². The fraction of sp³-hybridized carbons (Fsp3) is 0.364. The van der Waals surface area contributed by atoms with Crippen LogP contribution in [0.25, 0.3) is 11.3 Å². The first-order valence-electron chi connectivity index (χ1n) is 10.2. The molecule has 2 N–H and O–H groups in total. The van der Waals surface area contributed by atoms with Crippen LogP contribution in [0.3, 0.4) is 0 Å². The summed E-state index contributed by atoms with van der Waals surface area (Å²) in [5, 5.41) is 10.8. The van der Waals surface area contributed by atoms with E-state index in [4.69, 9.17) is 0 Å². The normalized spacial score (nSPS) is 20.2. The molecular weight excluding hydrogens is 442 g/mol. The number of piperidine rings is 1. The van der Waals surface area contributed by atoms with Crippen LogP contribution in [0, 0.1) is 11.6 Å². The van der Waals surface area contributed by atoms with Gasteiger partial charge in [0.05, 0.1) is 10.6 Å². The van der Waals surface area contributed by atoms with Crippen LogP contribution >= 0.6 is 23.7 Å². The monoisotopic (exact) mass is 464 g/mol. The average molecular weight is 465 g/mol. The molecule has 0 aliphatic carbocycles. The molecular formula is C22H23ClF2N4OS. The Bertz CT molecular complexity index is 1100. The number of aryl methyl sites for hydroxylation is 2. The van der Waals surface area contributed by atoms with Crippen molar-refractivity contribution in [1.82, 2.24) is 20.4 Å². The molecule has 3 aromatic rings. The maximum absolute atomic E-state index is 13.8. The number of thiophene rings is 1. The quantitative estimate of drug-likeness (QED) is 0.612. The highest BCUT2D eigenvalue weighted by molar-refractivity contribution is 7.14. The molecule has 2 aromatic heterocycles. The predicted octanol–water partition coefficient (Wildman–Crippen LogP) is 4.13. The van der Waals surface area contributed by atoms with Crippen LogP contribution in [0.15, 0.2) is 36.5 Å². The molecule has 5 rings (SSSR count). The van der Waals surface area contributed by atoms with Crippen molar-refractivity contribution in [3.8, 4) is 11.3 Å². The van der Waals surface area contributed by atoms with E-state index in [2.05, 4.69) is 15.7 Å². The van der Waals surface area contributed by atoms with E-state index in [0.717, 1.165) is 49.7 Å². The van der Waals surface area contributed by atoms with Gasteiger partial charge in [0.15, 0.2) is 11.6 Å². The van der Waals surface area contributed by atoms with Gasteiger partial charge in [-0.1, -0.05) is 6.07 Å². The SMILES string of the molecule is Cl.O=C(N[C@@H]1CNCC[C@H]1c1ccc(F)c(F)c1)c1cc2c(s1)CCCn1nccc1-2. The molecule has 0 spiro atoms. The first kappa shape index (κ1) is 21.9. The third kappa shape index (κ3) is 4.24. The number of aromatic nitrogens is 2. The summed E-state index contributed by atoms with van der Waals surface area (Å²) in [6.45, 7) is 2.25. The molecule has 0 saturated carbocycles. The first-order chi connectivity index (χ1) is 14.6. The molecule has 9 heteroatoms. The van der Waals surface area contributed by atoms with E-state index >= 15 is 0 Å². The number of rotatable bonds is 3. The zero-order chi connectivity index (χ0) is 20.7. The van der Waals surface area contributed by atoms with Crippen molar-refractivity contribution in [2.24, 2.45) is 0 Å². The second-order valence-electron chi connectivity index (χ2n) is 7.84. The molecule has 2 aliphatic heterocycles. The highest BCUT2D eigenvalue weighted by atomic mass is 35.5. The Kier molecular flexibility index (Phi) is 6.41. The number of fused-ring (bicyclic) bond motifs is 3. The van der Waals surface area contributed by atoms with Crippen molar-refractivity contribution >= 4 is 29.7 Å². The number of nitrogens with zero attached hydrogens (tertiary/aromatic N) is 2. The standard InChI is InChI=1S/C22H22F2N4OS.ClH/c23-16-4-3-13(10-17(16)24)14-5-7-25-12-18(14)27-22(29)21-11-15-19-6-8-26-28(19)9-1-2-20(15)30-21;/h3-4,6,8,10-11,14,18,25H,1-2,5,7,9,12H2,(H,27,29);1H/t14-,18+;/m0./s1. The highest BCUT2D eigenvalue weighted by Crippen LogP contribution is 2.35. The van der Waals surface area contributed by atoms with Crippen molar-refractivity contribution in [2.45, 2.75) is 37.8 Å². The number of nitrogens with one attached hydrogen (secondary N) is 2. The predicted molar refractivity (Wildman–Crippen MR) is 119 cm³/mol. The lowest BCUT2D eigenvalue weighted by Gasteiger charge is -2.33. The number of halogens is 3. The minimum atomic E-state index is -0.854. The van der Waals surface area contributed by atoms with E-state index in [0.29, 0.717) is 17.0 Å². The van der Waals surface area contributed by atoms with Gasteiger partial charge in [0.25, 0.3) is 5.91 Å². The lowest BCUT2D eigenvalue weighted by molar-refractivity contribution is 0.0928. The van der Waals surface area contributed by atoms with E-state index in [9.17, 15) is 13.6 Å². The third-order valence-corrected chi connectivity index (χ3v) is 7.16. The zero-order valence-corrected chi connectivity index (χ0v) is 18.4. The molecule has 31 heavy (non-hydrogen) atoms. The number of carbonyl (C=O) groups is 1. The van der Waals surface area contributed by atoms with E-state index in [1.165, 1.54) is 22.3 Å². The molecule has 1 amide bonds. The fourth-order valence-electron chi connectivity index (χ4n) is 4.46. The fourth-order valence-corrected chi connectivity index (χ4v) is 5.58. The van der Waals surface area contributed by atoms with Crippen LogP contribution in [0.5, 0.6) is 0 Å². The summed E-state index contributed by atoms with van der Waals surface area (Å²) in [7, 11) is 0. The summed E-state index contributed by atoms with van der Waals surface area (Å²) < 4.78 is 29.1. The van der Waals surface area contributed by atoms with Gasteiger partial charge < -0.3 is 10.6 Å². The molecule has 1 saturated heterocycles. The van der Waals surface area contributed by atoms with Crippen LogP contribution in [0.1, 0.15) is 38.9 Å². The Labute approximate surface area is 189 Å². The number of hydrogen-bond acceptors (Lipinski definition) is 4. The largest absolute Gasteiger partial charge is 0.347 e. The van der Waals surface area contributed by atoms with Gasteiger partial charge in [0.2, 0.25) is 0 Å².